The lowest BCUT2D eigenvalue weighted by molar-refractivity contribution is -0.131. The summed E-state index contributed by atoms with van der Waals surface area (Å²) in [4.78, 5) is 32.3. The molecule has 8 nitrogen and oxygen atoms in total. The Kier molecular flexibility index (Phi) is 6.62. The summed E-state index contributed by atoms with van der Waals surface area (Å²) in [7, 11) is 0. The fourth-order valence-corrected chi connectivity index (χ4v) is 3.49. The van der Waals surface area contributed by atoms with Crippen molar-refractivity contribution >= 4 is 11.8 Å². The molecule has 1 aliphatic rings. The number of aromatic amines is 1. The van der Waals surface area contributed by atoms with Crippen molar-refractivity contribution in [1.82, 2.24) is 30.4 Å². The molecule has 2 aromatic rings. The SMILES string of the molecule is Cc1cnn(CCNC(=O)[C@H](Cc2cnc[nH]2)NC(=O)C2CCCCC2)c1. The number of nitrogens with one attached hydrogen (secondary N) is 3. The molecule has 0 radical (unpaired) electrons. The van der Waals surface area contributed by atoms with E-state index in [1.54, 1.807) is 23.4 Å². The maximum absolute atomic E-state index is 12.7. The molecule has 3 N–H and O–H groups in total. The zero-order valence-electron chi connectivity index (χ0n) is 15.8. The van der Waals surface area contributed by atoms with Crippen LogP contribution >= 0.6 is 0 Å². The quantitative estimate of drug-likeness (QED) is 0.650. The number of hydrogen-bond acceptors (Lipinski definition) is 4. The number of carbonyl (C=O) groups excluding carboxylic acids is 2. The lowest BCUT2D eigenvalue weighted by atomic mass is 9.88. The second-order valence-corrected chi connectivity index (χ2v) is 7.25. The molecule has 0 aromatic carbocycles. The van der Waals surface area contributed by atoms with Crippen molar-refractivity contribution in [3.05, 3.63) is 36.2 Å². The molecular formula is C19H28N6O2. The van der Waals surface area contributed by atoms with Crippen molar-refractivity contribution in [2.45, 2.75) is 58.0 Å². The van der Waals surface area contributed by atoms with Crippen LogP contribution in [-0.2, 0) is 22.6 Å². The highest BCUT2D eigenvalue weighted by Crippen LogP contribution is 2.23. The molecule has 0 spiro atoms. The van der Waals surface area contributed by atoms with E-state index in [0.29, 0.717) is 19.5 Å². The summed E-state index contributed by atoms with van der Waals surface area (Å²) in [5.41, 5.74) is 1.90. The maximum Gasteiger partial charge on any atom is 0.243 e. The summed E-state index contributed by atoms with van der Waals surface area (Å²) in [5.74, 6) is -0.183. The minimum absolute atomic E-state index is 0.0165. The number of amides is 2. The maximum atomic E-state index is 12.7. The third-order valence-corrected chi connectivity index (χ3v) is 4.99. The molecule has 0 saturated heterocycles. The first-order chi connectivity index (χ1) is 13.1. The molecule has 1 atom stereocenters. The molecular weight excluding hydrogens is 344 g/mol. The summed E-state index contributed by atoms with van der Waals surface area (Å²) in [5, 5.41) is 10.1. The van der Waals surface area contributed by atoms with Gasteiger partial charge in [-0.2, -0.15) is 5.10 Å². The van der Waals surface area contributed by atoms with E-state index in [9.17, 15) is 9.59 Å². The number of rotatable bonds is 8. The number of hydrogen-bond donors (Lipinski definition) is 3. The lowest BCUT2D eigenvalue weighted by Crippen LogP contribution is -2.50. The predicted octanol–water partition coefficient (Wildman–Crippen LogP) is 1.34. The van der Waals surface area contributed by atoms with Gasteiger partial charge in [-0.05, 0) is 25.3 Å². The van der Waals surface area contributed by atoms with E-state index in [4.69, 9.17) is 0 Å². The summed E-state index contributed by atoms with van der Waals surface area (Å²) in [6, 6.07) is -0.612. The van der Waals surface area contributed by atoms with Gasteiger partial charge in [0.1, 0.15) is 6.04 Å². The first-order valence-electron chi connectivity index (χ1n) is 9.66. The monoisotopic (exact) mass is 372 g/mol. The van der Waals surface area contributed by atoms with Gasteiger partial charge in [0.25, 0.3) is 0 Å². The van der Waals surface area contributed by atoms with Crippen molar-refractivity contribution in [2.24, 2.45) is 5.92 Å². The van der Waals surface area contributed by atoms with Gasteiger partial charge in [-0.15, -0.1) is 0 Å². The van der Waals surface area contributed by atoms with E-state index in [1.165, 1.54) is 6.42 Å². The van der Waals surface area contributed by atoms with Gasteiger partial charge in [0.15, 0.2) is 0 Å². The highest BCUT2D eigenvalue weighted by Gasteiger charge is 2.27. The van der Waals surface area contributed by atoms with Gasteiger partial charge in [-0.25, -0.2) is 4.98 Å². The summed E-state index contributed by atoms with van der Waals surface area (Å²) < 4.78 is 1.79. The van der Waals surface area contributed by atoms with E-state index in [0.717, 1.165) is 36.9 Å². The Morgan fingerprint density at radius 3 is 2.78 bits per heavy atom. The van der Waals surface area contributed by atoms with Crippen LogP contribution in [0.3, 0.4) is 0 Å². The molecule has 8 heteroatoms. The Hall–Kier alpha value is -2.64. The van der Waals surface area contributed by atoms with Crippen molar-refractivity contribution < 1.29 is 9.59 Å². The molecule has 1 aliphatic carbocycles. The van der Waals surface area contributed by atoms with Gasteiger partial charge >= 0.3 is 0 Å². The molecule has 2 heterocycles. The number of aromatic nitrogens is 4. The van der Waals surface area contributed by atoms with Gasteiger partial charge in [0, 0.05) is 37.0 Å². The topological polar surface area (TPSA) is 105 Å². The number of imidazole rings is 1. The fourth-order valence-electron chi connectivity index (χ4n) is 3.49. The van der Waals surface area contributed by atoms with E-state index in [2.05, 4.69) is 25.7 Å². The zero-order chi connectivity index (χ0) is 19.1. The molecule has 2 aromatic heterocycles. The lowest BCUT2D eigenvalue weighted by Gasteiger charge is -2.24. The van der Waals surface area contributed by atoms with Crippen LogP contribution in [0.5, 0.6) is 0 Å². The second-order valence-electron chi connectivity index (χ2n) is 7.25. The van der Waals surface area contributed by atoms with Crippen LogP contribution < -0.4 is 10.6 Å². The third kappa shape index (κ3) is 5.67. The molecule has 0 aliphatic heterocycles. The van der Waals surface area contributed by atoms with Gasteiger partial charge in [-0.1, -0.05) is 19.3 Å². The number of nitrogens with zero attached hydrogens (tertiary/aromatic N) is 3. The molecule has 27 heavy (non-hydrogen) atoms. The van der Waals surface area contributed by atoms with Crippen molar-refractivity contribution in [3.8, 4) is 0 Å². The number of H-pyrrole nitrogens is 1. The highest BCUT2D eigenvalue weighted by atomic mass is 16.2. The molecule has 0 unspecified atom stereocenters. The first kappa shape index (κ1) is 19.1. The molecule has 3 rings (SSSR count). The molecule has 2 amide bonds. The van der Waals surface area contributed by atoms with Crippen molar-refractivity contribution in [3.63, 3.8) is 0 Å². The average Bonchev–Trinajstić information content (AvgIpc) is 3.33. The minimum atomic E-state index is -0.612. The van der Waals surface area contributed by atoms with Crippen molar-refractivity contribution in [2.75, 3.05) is 6.54 Å². The Morgan fingerprint density at radius 2 is 2.11 bits per heavy atom. The summed E-state index contributed by atoms with van der Waals surface area (Å²) >= 11 is 0. The second kappa shape index (κ2) is 9.34. The van der Waals surface area contributed by atoms with Gasteiger partial charge in [-0.3, -0.25) is 14.3 Å². The molecule has 1 saturated carbocycles. The molecule has 0 bridgehead atoms. The van der Waals surface area contributed by atoms with Crippen LogP contribution in [0.2, 0.25) is 0 Å². The number of carbonyl (C=O) groups is 2. The number of aryl methyl sites for hydroxylation is 1. The smallest absolute Gasteiger partial charge is 0.243 e. The molecule has 146 valence electrons. The minimum Gasteiger partial charge on any atom is -0.352 e. The normalized spacial score (nSPS) is 16.0. The van der Waals surface area contributed by atoms with Gasteiger partial charge in [0.2, 0.25) is 11.8 Å². The highest BCUT2D eigenvalue weighted by molar-refractivity contribution is 5.88. The largest absolute Gasteiger partial charge is 0.352 e. The first-order valence-corrected chi connectivity index (χ1v) is 9.66. The Balaban J connectivity index is 1.56. The summed E-state index contributed by atoms with van der Waals surface area (Å²) in [6.07, 6.45) is 12.5. The zero-order valence-corrected chi connectivity index (χ0v) is 15.8. The Morgan fingerprint density at radius 1 is 1.30 bits per heavy atom. The van der Waals surface area contributed by atoms with E-state index < -0.39 is 6.04 Å². The van der Waals surface area contributed by atoms with Crippen LogP contribution in [0.25, 0.3) is 0 Å². The van der Waals surface area contributed by atoms with E-state index in [-0.39, 0.29) is 17.7 Å². The Labute approximate surface area is 159 Å². The Bertz CT molecular complexity index is 733. The van der Waals surface area contributed by atoms with Crippen LogP contribution in [-0.4, -0.2) is 44.1 Å². The molecule has 1 fully saturated rings. The van der Waals surface area contributed by atoms with Crippen LogP contribution in [0.4, 0.5) is 0 Å². The van der Waals surface area contributed by atoms with Gasteiger partial charge in [0.05, 0.1) is 19.1 Å². The van der Waals surface area contributed by atoms with E-state index >= 15 is 0 Å². The standard InChI is InChI=1S/C19H28N6O2/c1-14-10-23-25(12-14)8-7-21-19(27)17(9-16-11-20-13-22-16)24-18(26)15-5-3-2-4-6-15/h10-13,15,17H,2-9H2,1H3,(H,20,22)(H,21,27)(H,24,26)/t17-/m0/s1. The fraction of sp³-hybridized carbons (Fsp3) is 0.579. The predicted molar refractivity (Wildman–Crippen MR) is 101 cm³/mol. The van der Waals surface area contributed by atoms with E-state index in [1.807, 2.05) is 13.1 Å². The van der Waals surface area contributed by atoms with Crippen LogP contribution in [0.15, 0.2) is 24.9 Å². The summed E-state index contributed by atoms with van der Waals surface area (Å²) in [6.45, 7) is 3.02. The van der Waals surface area contributed by atoms with Crippen LogP contribution in [0, 0.1) is 12.8 Å². The third-order valence-electron chi connectivity index (χ3n) is 4.99. The average molecular weight is 372 g/mol. The van der Waals surface area contributed by atoms with Gasteiger partial charge < -0.3 is 15.6 Å². The van der Waals surface area contributed by atoms with Crippen LogP contribution in [0.1, 0.15) is 43.4 Å². The van der Waals surface area contributed by atoms with Crippen molar-refractivity contribution in [1.29, 1.82) is 0 Å².